The minimum absolute atomic E-state index is 0.722. The summed E-state index contributed by atoms with van der Waals surface area (Å²) in [6, 6.07) is 0. The summed E-state index contributed by atoms with van der Waals surface area (Å²) in [7, 11) is 3.58. The van der Waals surface area contributed by atoms with Crippen LogP contribution in [0.3, 0.4) is 0 Å². The van der Waals surface area contributed by atoms with E-state index in [1.807, 2.05) is 0 Å². The van der Waals surface area contributed by atoms with Crippen LogP contribution >= 0.6 is 0 Å². The maximum atomic E-state index is 5.48. The molecule has 0 fully saturated rings. The van der Waals surface area contributed by atoms with Crippen LogP contribution in [0.25, 0.3) is 0 Å². The lowest BCUT2D eigenvalue weighted by Crippen LogP contribution is -2.13. The van der Waals surface area contributed by atoms with E-state index in [9.17, 15) is 0 Å². The first kappa shape index (κ1) is 17.2. The third-order valence-electron chi connectivity index (χ3n) is 4.18. The Labute approximate surface area is 124 Å². The van der Waals surface area contributed by atoms with Crippen molar-refractivity contribution in [1.82, 2.24) is 0 Å². The fourth-order valence-corrected chi connectivity index (χ4v) is 3.44. The van der Waals surface area contributed by atoms with Crippen molar-refractivity contribution >= 4 is 0 Å². The van der Waals surface area contributed by atoms with Crippen LogP contribution in [-0.2, 0) is 48.4 Å². The zero-order valence-corrected chi connectivity index (χ0v) is 14.1. The van der Waals surface area contributed by atoms with E-state index in [0.29, 0.717) is 0 Å². The molecule has 20 heavy (non-hydrogen) atoms. The molecule has 2 nitrogen and oxygen atoms in total. The number of benzene rings is 1. The lowest BCUT2D eigenvalue weighted by atomic mass is 9.83. The van der Waals surface area contributed by atoms with Crippen molar-refractivity contribution in [3.8, 4) is 0 Å². The summed E-state index contributed by atoms with van der Waals surface area (Å²) < 4.78 is 11.0. The normalized spacial score (nSPS) is 11.1. The van der Waals surface area contributed by atoms with E-state index >= 15 is 0 Å². The third kappa shape index (κ3) is 3.24. The molecule has 0 saturated carbocycles. The highest BCUT2D eigenvalue weighted by Gasteiger charge is 2.20. The van der Waals surface area contributed by atoms with E-state index in [4.69, 9.17) is 9.47 Å². The molecule has 0 atom stereocenters. The van der Waals surface area contributed by atoms with E-state index in [1.165, 1.54) is 33.4 Å². The molecule has 0 unspecified atom stereocenters. The highest BCUT2D eigenvalue weighted by Crippen LogP contribution is 2.31. The quantitative estimate of drug-likeness (QED) is 0.708. The largest absolute Gasteiger partial charge is 0.380 e. The fraction of sp³-hybridized carbons (Fsp3) is 0.667. The van der Waals surface area contributed by atoms with Gasteiger partial charge < -0.3 is 9.47 Å². The number of rotatable bonds is 8. The van der Waals surface area contributed by atoms with Gasteiger partial charge in [-0.3, -0.25) is 0 Å². The van der Waals surface area contributed by atoms with Crippen molar-refractivity contribution in [3.63, 3.8) is 0 Å². The molecule has 0 amide bonds. The molecule has 0 N–H and O–H groups in total. The van der Waals surface area contributed by atoms with Gasteiger partial charge in [-0.1, -0.05) is 27.7 Å². The summed E-state index contributed by atoms with van der Waals surface area (Å²) in [6.07, 6.45) is 4.26. The Morgan fingerprint density at radius 1 is 0.500 bits per heavy atom. The number of hydrogen-bond acceptors (Lipinski definition) is 2. The minimum atomic E-state index is 0.722. The van der Waals surface area contributed by atoms with Gasteiger partial charge >= 0.3 is 0 Å². The molecule has 0 bridgehead atoms. The van der Waals surface area contributed by atoms with Gasteiger partial charge in [0.15, 0.2) is 0 Å². The van der Waals surface area contributed by atoms with Crippen molar-refractivity contribution in [1.29, 1.82) is 0 Å². The second kappa shape index (κ2) is 8.43. The van der Waals surface area contributed by atoms with E-state index in [0.717, 1.165) is 38.9 Å². The standard InChI is InChI=1S/C18H30O2/c1-7-13-14(8-2)18(12-20-6)16(10-4)15(9-3)17(13)11-19-5/h7-12H2,1-6H3. The van der Waals surface area contributed by atoms with Crippen LogP contribution < -0.4 is 0 Å². The van der Waals surface area contributed by atoms with Gasteiger partial charge in [0, 0.05) is 14.2 Å². The first-order chi connectivity index (χ1) is 9.69. The summed E-state index contributed by atoms with van der Waals surface area (Å²) in [4.78, 5) is 0. The molecule has 0 spiro atoms. The number of methoxy groups -OCH3 is 2. The summed E-state index contributed by atoms with van der Waals surface area (Å²) >= 11 is 0. The molecule has 1 aromatic rings. The molecule has 0 aliphatic rings. The Morgan fingerprint density at radius 2 is 0.750 bits per heavy atom. The molecule has 114 valence electrons. The molecule has 2 heteroatoms. The van der Waals surface area contributed by atoms with E-state index < -0.39 is 0 Å². The second-order valence-electron chi connectivity index (χ2n) is 5.15. The lowest BCUT2D eigenvalue weighted by Gasteiger charge is -2.25. The Kier molecular flexibility index (Phi) is 7.25. The molecule has 0 aliphatic carbocycles. The Morgan fingerprint density at radius 3 is 0.900 bits per heavy atom. The average molecular weight is 278 g/mol. The Balaban J connectivity index is 3.67. The Bertz CT molecular complexity index is 362. The topological polar surface area (TPSA) is 18.5 Å². The molecule has 0 aliphatic heterocycles. The molecule has 1 aromatic carbocycles. The summed E-state index contributed by atoms with van der Waals surface area (Å²) in [5, 5.41) is 0. The zero-order valence-electron chi connectivity index (χ0n) is 14.1. The number of ether oxygens (including phenoxy) is 2. The maximum Gasteiger partial charge on any atom is 0.0718 e. The lowest BCUT2D eigenvalue weighted by molar-refractivity contribution is 0.179. The van der Waals surface area contributed by atoms with Gasteiger partial charge in [-0.15, -0.1) is 0 Å². The molecular weight excluding hydrogens is 248 g/mol. The fourth-order valence-electron chi connectivity index (χ4n) is 3.44. The summed E-state index contributed by atoms with van der Waals surface area (Å²) in [5.41, 5.74) is 8.77. The van der Waals surface area contributed by atoms with Crippen molar-refractivity contribution in [2.75, 3.05) is 14.2 Å². The first-order valence-corrected chi connectivity index (χ1v) is 7.84. The van der Waals surface area contributed by atoms with Gasteiger partial charge in [0.1, 0.15) is 0 Å². The van der Waals surface area contributed by atoms with Gasteiger partial charge in [-0.2, -0.15) is 0 Å². The van der Waals surface area contributed by atoms with Crippen LogP contribution in [0.2, 0.25) is 0 Å². The van der Waals surface area contributed by atoms with Crippen molar-refractivity contribution in [3.05, 3.63) is 33.4 Å². The highest BCUT2D eigenvalue weighted by molar-refractivity contribution is 5.52. The smallest absolute Gasteiger partial charge is 0.0718 e. The Hall–Kier alpha value is -0.860. The van der Waals surface area contributed by atoms with Crippen LogP contribution in [0.15, 0.2) is 0 Å². The molecule has 0 aromatic heterocycles. The van der Waals surface area contributed by atoms with Gasteiger partial charge in [0.25, 0.3) is 0 Å². The summed E-state index contributed by atoms with van der Waals surface area (Å²) in [5.74, 6) is 0. The number of hydrogen-bond donors (Lipinski definition) is 0. The van der Waals surface area contributed by atoms with Crippen molar-refractivity contribution in [2.24, 2.45) is 0 Å². The average Bonchev–Trinajstić information content (AvgIpc) is 2.47. The van der Waals surface area contributed by atoms with Crippen LogP contribution in [0.4, 0.5) is 0 Å². The van der Waals surface area contributed by atoms with Crippen LogP contribution in [0, 0.1) is 0 Å². The van der Waals surface area contributed by atoms with Crippen LogP contribution in [-0.4, -0.2) is 14.2 Å². The third-order valence-corrected chi connectivity index (χ3v) is 4.18. The predicted molar refractivity (Wildman–Crippen MR) is 85.4 cm³/mol. The van der Waals surface area contributed by atoms with Gasteiger partial charge in [-0.25, -0.2) is 0 Å². The SMILES string of the molecule is CCc1c(CC)c(COC)c(CC)c(CC)c1COC. The minimum Gasteiger partial charge on any atom is -0.380 e. The van der Waals surface area contributed by atoms with Gasteiger partial charge in [0.2, 0.25) is 0 Å². The molecule has 0 heterocycles. The van der Waals surface area contributed by atoms with E-state index in [-0.39, 0.29) is 0 Å². The zero-order chi connectivity index (χ0) is 15.1. The van der Waals surface area contributed by atoms with E-state index in [1.54, 1.807) is 14.2 Å². The van der Waals surface area contributed by atoms with Gasteiger partial charge in [0.05, 0.1) is 13.2 Å². The monoisotopic (exact) mass is 278 g/mol. The van der Waals surface area contributed by atoms with Crippen LogP contribution in [0.1, 0.15) is 61.1 Å². The van der Waals surface area contributed by atoms with Crippen molar-refractivity contribution < 1.29 is 9.47 Å². The van der Waals surface area contributed by atoms with Crippen molar-refractivity contribution in [2.45, 2.75) is 66.6 Å². The maximum absolute atomic E-state index is 5.48. The molecule has 0 radical (unpaired) electrons. The second-order valence-corrected chi connectivity index (χ2v) is 5.15. The molecule has 1 rings (SSSR count). The highest BCUT2D eigenvalue weighted by atomic mass is 16.5. The predicted octanol–water partition coefficient (Wildman–Crippen LogP) is 4.23. The summed E-state index contributed by atoms with van der Waals surface area (Å²) in [6.45, 7) is 10.4. The van der Waals surface area contributed by atoms with Gasteiger partial charge in [-0.05, 0) is 59.1 Å². The molecule has 0 saturated heterocycles. The first-order valence-electron chi connectivity index (χ1n) is 7.84. The van der Waals surface area contributed by atoms with E-state index in [2.05, 4.69) is 27.7 Å². The molecular formula is C18H30O2. The van der Waals surface area contributed by atoms with Crippen LogP contribution in [0.5, 0.6) is 0 Å².